The first-order chi connectivity index (χ1) is 14.1. The van der Waals surface area contributed by atoms with Crippen LogP contribution in [-0.4, -0.2) is 72.6 Å². The summed E-state index contributed by atoms with van der Waals surface area (Å²) in [6.45, 7) is 6.54. The zero-order valence-electron chi connectivity index (χ0n) is 17.7. The first-order valence-electron chi connectivity index (χ1n) is 9.87. The quantitative estimate of drug-likeness (QED) is 0.526. The molecular formula is C20H31N7O2. The predicted molar refractivity (Wildman–Crippen MR) is 112 cm³/mol. The van der Waals surface area contributed by atoms with E-state index in [4.69, 9.17) is 9.47 Å². The number of morpholine rings is 1. The Labute approximate surface area is 172 Å². The average Bonchev–Trinajstić information content (AvgIpc) is 3.09. The van der Waals surface area contributed by atoms with Crippen molar-refractivity contribution in [3.8, 4) is 5.75 Å². The molecule has 1 saturated heterocycles. The smallest absolute Gasteiger partial charge is 0.191 e. The molecule has 0 spiro atoms. The van der Waals surface area contributed by atoms with Crippen LogP contribution >= 0.6 is 0 Å². The van der Waals surface area contributed by atoms with Gasteiger partial charge in [-0.25, -0.2) is 0 Å². The number of guanidine groups is 1. The van der Waals surface area contributed by atoms with Crippen molar-refractivity contribution in [3.63, 3.8) is 0 Å². The standard InChI is InChI=1S/C20H31N7O2/c1-15-24-25-19(26(15)3)14-23-20(21-2)22-13-18(27-9-11-29-12-10-27)16-5-7-17(28-4)8-6-16/h5-8,18H,9-14H2,1-4H3,(H2,21,22,23). The number of rotatable bonds is 7. The first kappa shape index (κ1) is 21.1. The van der Waals surface area contributed by atoms with Crippen molar-refractivity contribution >= 4 is 5.96 Å². The fourth-order valence-corrected chi connectivity index (χ4v) is 3.35. The fourth-order valence-electron chi connectivity index (χ4n) is 3.35. The second kappa shape index (κ2) is 10.2. The van der Waals surface area contributed by atoms with Gasteiger partial charge in [0.15, 0.2) is 11.8 Å². The Morgan fingerprint density at radius 1 is 1.21 bits per heavy atom. The van der Waals surface area contributed by atoms with Crippen LogP contribution in [0.4, 0.5) is 0 Å². The van der Waals surface area contributed by atoms with Crippen LogP contribution < -0.4 is 15.4 Å². The van der Waals surface area contributed by atoms with Crippen molar-refractivity contribution in [2.45, 2.75) is 19.5 Å². The summed E-state index contributed by atoms with van der Waals surface area (Å²) in [5.74, 6) is 3.35. The Morgan fingerprint density at radius 2 is 1.93 bits per heavy atom. The number of hydrogen-bond donors (Lipinski definition) is 2. The van der Waals surface area contributed by atoms with Crippen molar-refractivity contribution in [2.75, 3.05) is 47.0 Å². The minimum Gasteiger partial charge on any atom is -0.497 e. The summed E-state index contributed by atoms with van der Waals surface area (Å²) in [5, 5.41) is 15.1. The van der Waals surface area contributed by atoms with E-state index < -0.39 is 0 Å². The van der Waals surface area contributed by atoms with E-state index in [1.807, 2.05) is 30.7 Å². The second-order valence-electron chi connectivity index (χ2n) is 6.97. The van der Waals surface area contributed by atoms with Gasteiger partial charge in [-0.15, -0.1) is 10.2 Å². The van der Waals surface area contributed by atoms with Crippen molar-refractivity contribution < 1.29 is 9.47 Å². The molecule has 9 heteroatoms. The Morgan fingerprint density at radius 3 is 2.52 bits per heavy atom. The van der Waals surface area contributed by atoms with Gasteiger partial charge in [-0.1, -0.05) is 12.1 Å². The number of methoxy groups -OCH3 is 1. The third-order valence-corrected chi connectivity index (χ3v) is 5.27. The van der Waals surface area contributed by atoms with Gasteiger partial charge in [0.05, 0.1) is 32.9 Å². The van der Waals surface area contributed by atoms with E-state index in [2.05, 4.69) is 42.9 Å². The van der Waals surface area contributed by atoms with Gasteiger partial charge in [0.1, 0.15) is 11.6 Å². The molecule has 1 fully saturated rings. The average molecular weight is 402 g/mol. The molecule has 158 valence electrons. The number of aryl methyl sites for hydroxylation is 1. The monoisotopic (exact) mass is 401 g/mol. The molecular weight excluding hydrogens is 370 g/mol. The van der Waals surface area contributed by atoms with Crippen molar-refractivity contribution in [1.29, 1.82) is 0 Å². The van der Waals surface area contributed by atoms with E-state index >= 15 is 0 Å². The van der Waals surface area contributed by atoms with Crippen LogP contribution in [0, 0.1) is 6.92 Å². The summed E-state index contributed by atoms with van der Waals surface area (Å²) in [5.41, 5.74) is 1.24. The van der Waals surface area contributed by atoms with Gasteiger partial charge in [0, 0.05) is 33.7 Å². The van der Waals surface area contributed by atoms with Gasteiger partial charge in [-0.3, -0.25) is 9.89 Å². The van der Waals surface area contributed by atoms with Gasteiger partial charge in [0.25, 0.3) is 0 Å². The van der Waals surface area contributed by atoms with Crippen molar-refractivity contribution in [1.82, 2.24) is 30.3 Å². The number of aromatic nitrogens is 3. The molecule has 0 bridgehead atoms. The Bertz CT molecular complexity index is 798. The van der Waals surface area contributed by atoms with Crippen molar-refractivity contribution in [3.05, 3.63) is 41.5 Å². The summed E-state index contributed by atoms with van der Waals surface area (Å²) >= 11 is 0. The summed E-state index contributed by atoms with van der Waals surface area (Å²) < 4.78 is 12.8. The molecule has 2 heterocycles. The Hall–Kier alpha value is -2.65. The molecule has 1 aromatic heterocycles. The molecule has 3 rings (SSSR count). The third-order valence-electron chi connectivity index (χ3n) is 5.27. The Balaban J connectivity index is 1.64. The normalized spacial score (nSPS) is 16.5. The van der Waals surface area contributed by atoms with Gasteiger partial charge < -0.3 is 24.7 Å². The van der Waals surface area contributed by atoms with Crippen LogP contribution in [0.1, 0.15) is 23.3 Å². The molecule has 29 heavy (non-hydrogen) atoms. The molecule has 1 aliphatic rings. The molecule has 1 aromatic carbocycles. The molecule has 2 N–H and O–H groups in total. The van der Waals surface area contributed by atoms with Crippen LogP contribution in [0.25, 0.3) is 0 Å². The van der Waals surface area contributed by atoms with Gasteiger partial charge in [0.2, 0.25) is 0 Å². The number of aliphatic imine (C=N–C) groups is 1. The SMILES string of the molecule is CN=C(NCc1nnc(C)n1C)NCC(c1ccc(OC)cc1)N1CCOCC1. The zero-order valence-corrected chi connectivity index (χ0v) is 17.7. The van der Waals surface area contributed by atoms with E-state index in [1.54, 1.807) is 14.2 Å². The number of hydrogen-bond acceptors (Lipinski definition) is 6. The predicted octanol–water partition coefficient (Wildman–Crippen LogP) is 0.871. The van der Waals surface area contributed by atoms with E-state index in [9.17, 15) is 0 Å². The van der Waals surface area contributed by atoms with E-state index in [-0.39, 0.29) is 6.04 Å². The van der Waals surface area contributed by atoms with E-state index in [0.29, 0.717) is 6.54 Å². The maximum atomic E-state index is 5.54. The maximum Gasteiger partial charge on any atom is 0.191 e. The lowest BCUT2D eigenvalue weighted by Crippen LogP contribution is -2.46. The first-order valence-corrected chi connectivity index (χ1v) is 9.87. The third kappa shape index (κ3) is 5.45. The van der Waals surface area contributed by atoms with Gasteiger partial charge >= 0.3 is 0 Å². The molecule has 9 nitrogen and oxygen atoms in total. The lowest BCUT2D eigenvalue weighted by molar-refractivity contribution is 0.0170. The van der Waals surface area contributed by atoms with Crippen LogP contribution in [-0.2, 0) is 18.3 Å². The lowest BCUT2D eigenvalue weighted by atomic mass is 10.0. The molecule has 1 aliphatic heterocycles. The van der Waals surface area contributed by atoms with E-state index in [0.717, 1.165) is 56.2 Å². The minimum atomic E-state index is 0.209. The number of ether oxygens (including phenoxy) is 2. The number of benzene rings is 1. The highest BCUT2D eigenvalue weighted by Gasteiger charge is 2.23. The Kier molecular flexibility index (Phi) is 7.42. The molecule has 1 unspecified atom stereocenters. The highest BCUT2D eigenvalue weighted by molar-refractivity contribution is 5.79. The van der Waals surface area contributed by atoms with Gasteiger partial charge in [-0.05, 0) is 24.6 Å². The second-order valence-corrected chi connectivity index (χ2v) is 6.97. The summed E-state index contributed by atoms with van der Waals surface area (Å²) in [7, 11) is 5.42. The molecule has 0 saturated carbocycles. The zero-order chi connectivity index (χ0) is 20.6. The van der Waals surface area contributed by atoms with Gasteiger partial charge in [-0.2, -0.15) is 0 Å². The molecule has 0 amide bonds. The molecule has 0 aliphatic carbocycles. The molecule has 2 aromatic rings. The number of nitrogens with one attached hydrogen (secondary N) is 2. The van der Waals surface area contributed by atoms with Crippen LogP contribution in [0.2, 0.25) is 0 Å². The van der Waals surface area contributed by atoms with Crippen LogP contribution in [0.3, 0.4) is 0 Å². The summed E-state index contributed by atoms with van der Waals surface area (Å²) in [4.78, 5) is 6.79. The lowest BCUT2D eigenvalue weighted by Gasteiger charge is -2.35. The minimum absolute atomic E-state index is 0.209. The molecule has 0 radical (unpaired) electrons. The van der Waals surface area contributed by atoms with E-state index in [1.165, 1.54) is 5.56 Å². The molecule has 1 atom stereocenters. The largest absolute Gasteiger partial charge is 0.497 e. The fraction of sp³-hybridized carbons (Fsp3) is 0.550. The topological polar surface area (TPSA) is 88.8 Å². The maximum absolute atomic E-state index is 5.54. The van der Waals surface area contributed by atoms with Crippen LogP contribution in [0.5, 0.6) is 5.75 Å². The highest BCUT2D eigenvalue weighted by atomic mass is 16.5. The van der Waals surface area contributed by atoms with Crippen molar-refractivity contribution in [2.24, 2.45) is 12.0 Å². The van der Waals surface area contributed by atoms with Crippen LogP contribution in [0.15, 0.2) is 29.3 Å². The highest BCUT2D eigenvalue weighted by Crippen LogP contribution is 2.23. The number of nitrogens with zero attached hydrogens (tertiary/aromatic N) is 5. The summed E-state index contributed by atoms with van der Waals surface area (Å²) in [6, 6.07) is 8.47. The summed E-state index contributed by atoms with van der Waals surface area (Å²) in [6.07, 6.45) is 0.